The minimum atomic E-state index is -0.0142. The standard InChI is InChI=1S/C18H30N6O2/c1-14(2)11-19-18(20-12-17(25)22(4)5)24-8-6-23(7-9-24)13-16-10-15(3)26-21-16/h10H,1,6-9,11-13H2,2-5H3,(H,19,20). The van der Waals surface area contributed by atoms with Gasteiger partial charge in [0.05, 0.1) is 5.69 Å². The second kappa shape index (κ2) is 9.38. The Hall–Kier alpha value is -2.35. The van der Waals surface area contributed by atoms with E-state index in [2.05, 4.69) is 31.8 Å². The van der Waals surface area contributed by atoms with E-state index in [9.17, 15) is 4.79 Å². The van der Waals surface area contributed by atoms with Crippen LogP contribution in [0.4, 0.5) is 0 Å². The average Bonchev–Trinajstić information content (AvgIpc) is 3.00. The van der Waals surface area contributed by atoms with Crippen molar-refractivity contribution in [2.24, 2.45) is 4.99 Å². The van der Waals surface area contributed by atoms with Crippen molar-refractivity contribution in [3.63, 3.8) is 0 Å². The molecule has 0 aliphatic carbocycles. The van der Waals surface area contributed by atoms with Crippen molar-refractivity contribution < 1.29 is 9.32 Å². The molecule has 2 heterocycles. The van der Waals surface area contributed by atoms with E-state index in [0.717, 1.165) is 55.7 Å². The molecule has 1 saturated heterocycles. The van der Waals surface area contributed by atoms with Gasteiger partial charge in [0.15, 0.2) is 5.96 Å². The van der Waals surface area contributed by atoms with Gasteiger partial charge in [-0.25, -0.2) is 4.99 Å². The first kappa shape index (κ1) is 20.0. The molecule has 8 nitrogen and oxygen atoms in total. The van der Waals surface area contributed by atoms with Crippen LogP contribution in [0.25, 0.3) is 0 Å². The summed E-state index contributed by atoms with van der Waals surface area (Å²) < 4.78 is 5.13. The number of rotatable bonds is 6. The lowest BCUT2D eigenvalue weighted by Gasteiger charge is -2.36. The zero-order chi connectivity index (χ0) is 19.1. The molecule has 1 N–H and O–H groups in total. The normalized spacial score (nSPS) is 15.8. The molecule has 1 amide bonds. The minimum absolute atomic E-state index is 0.0142. The Bertz CT molecular complexity index is 644. The zero-order valence-electron chi connectivity index (χ0n) is 16.3. The molecule has 2 rings (SSSR count). The summed E-state index contributed by atoms with van der Waals surface area (Å²) in [5, 5.41) is 7.37. The first-order chi connectivity index (χ1) is 12.3. The van der Waals surface area contributed by atoms with Crippen LogP contribution >= 0.6 is 0 Å². The maximum Gasteiger partial charge on any atom is 0.243 e. The number of aromatic nitrogens is 1. The highest BCUT2D eigenvalue weighted by Gasteiger charge is 2.21. The van der Waals surface area contributed by atoms with E-state index in [1.807, 2.05) is 19.9 Å². The lowest BCUT2D eigenvalue weighted by Crippen LogP contribution is -2.52. The molecule has 1 aromatic heterocycles. The smallest absolute Gasteiger partial charge is 0.243 e. The van der Waals surface area contributed by atoms with Crippen LogP contribution in [0.2, 0.25) is 0 Å². The van der Waals surface area contributed by atoms with Crippen molar-refractivity contribution in [2.75, 3.05) is 53.4 Å². The van der Waals surface area contributed by atoms with E-state index in [4.69, 9.17) is 4.52 Å². The topological polar surface area (TPSA) is 77.2 Å². The SMILES string of the molecule is C=C(C)CNC(=NCC(=O)N(C)C)N1CCN(Cc2cc(C)on2)CC1. The molecular weight excluding hydrogens is 332 g/mol. The highest BCUT2D eigenvalue weighted by Crippen LogP contribution is 2.09. The molecule has 0 unspecified atom stereocenters. The van der Waals surface area contributed by atoms with E-state index >= 15 is 0 Å². The number of aryl methyl sites for hydroxylation is 1. The molecular formula is C18H30N6O2. The van der Waals surface area contributed by atoms with Gasteiger partial charge in [-0.2, -0.15) is 0 Å². The van der Waals surface area contributed by atoms with E-state index in [0.29, 0.717) is 6.54 Å². The molecule has 0 spiro atoms. The van der Waals surface area contributed by atoms with Crippen molar-refractivity contribution in [1.29, 1.82) is 0 Å². The van der Waals surface area contributed by atoms with Crippen molar-refractivity contribution in [3.05, 3.63) is 29.7 Å². The third-order valence-electron chi connectivity index (χ3n) is 4.15. The predicted octanol–water partition coefficient (Wildman–Crippen LogP) is 0.711. The molecule has 0 bridgehead atoms. The number of amides is 1. The number of nitrogens with zero attached hydrogens (tertiary/aromatic N) is 5. The summed E-state index contributed by atoms with van der Waals surface area (Å²) in [4.78, 5) is 22.4. The molecule has 0 radical (unpaired) electrons. The number of aliphatic imine (C=N–C) groups is 1. The molecule has 144 valence electrons. The van der Waals surface area contributed by atoms with Gasteiger partial charge in [0.2, 0.25) is 5.91 Å². The van der Waals surface area contributed by atoms with Crippen molar-refractivity contribution >= 4 is 11.9 Å². The lowest BCUT2D eigenvalue weighted by atomic mass is 10.3. The summed E-state index contributed by atoms with van der Waals surface area (Å²) in [6, 6.07) is 1.97. The van der Waals surface area contributed by atoms with Crippen LogP contribution in [-0.2, 0) is 11.3 Å². The fraction of sp³-hybridized carbons (Fsp3) is 0.611. The van der Waals surface area contributed by atoms with Crippen molar-refractivity contribution in [2.45, 2.75) is 20.4 Å². The number of carbonyl (C=O) groups is 1. The summed E-state index contributed by atoms with van der Waals surface area (Å²) >= 11 is 0. The fourth-order valence-corrected chi connectivity index (χ4v) is 2.62. The fourth-order valence-electron chi connectivity index (χ4n) is 2.62. The number of hydrogen-bond donors (Lipinski definition) is 1. The Morgan fingerprint density at radius 3 is 2.62 bits per heavy atom. The summed E-state index contributed by atoms with van der Waals surface area (Å²) in [6.45, 7) is 12.9. The lowest BCUT2D eigenvalue weighted by molar-refractivity contribution is -0.127. The Morgan fingerprint density at radius 1 is 1.38 bits per heavy atom. The summed E-state index contributed by atoms with van der Waals surface area (Å²) in [5.74, 6) is 1.59. The Kier molecular flexibility index (Phi) is 7.20. The minimum Gasteiger partial charge on any atom is -0.361 e. The molecule has 1 fully saturated rings. The predicted molar refractivity (Wildman–Crippen MR) is 102 cm³/mol. The quantitative estimate of drug-likeness (QED) is 0.456. The number of hydrogen-bond acceptors (Lipinski definition) is 5. The van der Waals surface area contributed by atoms with Gasteiger partial charge >= 0.3 is 0 Å². The van der Waals surface area contributed by atoms with Gasteiger partial charge < -0.3 is 19.6 Å². The Labute approximate surface area is 155 Å². The summed E-state index contributed by atoms with van der Waals surface area (Å²) in [5.41, 5.74) is 1.98. The van der Waals surface area contributed by atoms with Crippen LogP contribution in [0.15, 0.2) is 27.7 Å². The first-order valence-electron chi connectivity index (χ1n) is 8.87. The second-order valence-corrected chi connectivity index (χ2v) is 6.93. The highest BCUT2D eigenvalue weighted by atomic mass is 16.5. The van der Waals surface area contributed by atoms with Gasteiger partial charge in [0, 0.05) is 59.4 Å². The van der Waals surface area contributed by atoms with Gasteiger partial charge in [-0.3, -0.25) is 9.69 Å². The van der Waals surface area contributed by atoms with Gasteiger partial charge in [-0.05, 0) is 13.8 Å². The van der Waals surface area contributed by atoms with Crippen molar-refractivity contribution in [3.8, 4) is 0 Å². The maximum absolute atomic E-state index is 11.9. The number of likely N-dealkylation sites (N-methyl/N-ethyl adjacent to an activating group) is 1. The molecule has 0 atom stereocenters. The number of carbonyl (C=O) groups excluding carboxylic acids is 1. The molecule has 0 saturated carbocycles. The van der Waals surface area contributed by atoms with Gasteiger partial charge in [-0.15, -0.1) is 0 Å². The average molecular weight is 362 g/mol. The Morgan fingerprint density at radius 2 is 2.08 bits per heavy atom. The summed E-state index contributed by atoms with van der Waals surface area (Å²) in [6.07, 6.45) is 0. The molecule has 8 heteroatoms. The van der Waals surface area contributed by atoms with Crippen LogP contribution in [0.5, 0.6) is 0 Å². The maximum atomic E-state index is 11.9. The monoisotopic (exact) mass is 362 g/mol. The van der Waals surface area contributed by atoms with E-state index in [1.165, 1.54) is 0 Å². The van der Waals surface area contributed by atoms with Crippen LogP contribution in [0, 0.1) is 6.92 Å². The third-order valence-corrected chi connectivity index (χ3v) is 4.15. The number of nitrogens with one attached hydrogen (secondary N) is 1. The van der Waals surface area contributed by atoms with E-state index in [1.54, 1.807) is 19.0 Å². The number of guanidine groups is 1. The first-order valence-corrected chi connectivity index (χ1v) is 8.87. The van der Waals surface area contributed by atoms with Crippen molar-refractivity contribution in [1.82, 2.24) is 25.2 Å². The Balaban J connectivity index is 1.92. The third kappa shape index (κ3) is 6.18. The van der Waals surface area contributed by atoms with E-state index < -0.39 is 0 Å². The largest absolute Gasteiger partial charge is 0.361 e. The zero-order valence-corrected chi connectivity index (χ0v) is 16.3. The van der Waals surface area contributed by atoms with Gasteiger partial charge in [0.25, 0.3) is 0 Å². The van der Waals surface area contributed by atoms with Crippen LogP contribution in [-0.4, -0.2) is 85.1 Å². The van der Waals surface area contributed by atoms with Gasteiger partial charge in [-0.1, -0.05) is 17.3 Å². The highest BCUT2D eigenvalue weighted by molar-refractivity contribution is 5.85. The molecule has 26 heavy (non-hydrogen) atoms. The van der Waals surface area contributed by atoms with Crippen LogP contribution in [0.1, 0.15) is 18.4 Å². The van der Waals surface area contributed by atoms with E-state index in [-0.39, 0.29) is 12.5 Å². The molecule has 1 aliphatic heterocycles. The molecule has 0 aromatic carbocycles. The second-order valence-electron chi connectivity index (χ2n) is 6.93. The molecule has 1 aromatic rings. The van der Waals surface area contributed by atoms with Crippen LogP contribution < -0.4 is 5.32 Å². The molecule has 1 aliphatic rings. The van der Waals surface area contributed by atoms with Crippen LogP contribution in [0.3, 0.4) is 0 Å². The van der Waals surface area contributed by atoms with Gasteiger partial charge in [0.1, 0.15) is 12.3 Å². The summed E-state index contributed by atoms with van der Waals surface area (Å²) in [7, 11) is 3.48. The number of piperazine rings is 1.